The number of carbonyl (C=O) groups is 6. The molecule has 4 heterocycles. The third-order valence-electron chi connectivity index (χ3n) is 12.4. The van der Waals surface area contributed by atoms with E-state index in [0.717, 1.165) is 27.8 Å². The maximum absolute atomic E-state index is 13.4. The lowest BCUT2D eigenvalue weighted by molar-refractivity contribution is 0.0202. The smallest absolute Gasteiger partial charge is 0.410 e. The van der Waals surface area contributed by atoms with Gasteiger partial charge in [0, 0.05) is 26.2 Å². The lowest BCUT2D eigenvalue weighted by atomic mass is 9.85. The molecule has 0 N–H and O–H groups in total. The van der Waals surface area contributed by atoms with Crippen LogP contribution in [0, 0.1) is 0 Å². The minimum Gasteiger partial charge on any atom is -0.493 e. The Morgan fingerprint density at radius 3 is 1.47 bits per heavy atom. The molecule has 16 nitrogen and oxygen atoms in total. The van der Waals surface area contributed by atoms with Crippen LogP contribution in [0.25, 0.3) is 5.57 Å². The highest BCUT2D eigenvalue weighted by molar-refractivity contribution is 6.23. The van der Waals surface area contributed by atoms with Crippen LogP contribution in [0.2, 0.25) is 0 Å². The van der Waals surface area contributed by atoms with E-state index < -0.39 is 11.2 Å². The van der Waals surface area contributed by atoms with Gasteiger partial charge in [0.1, 0.15) is 11.2 Å². The number of likely N-dealkylation sites (tertiary alicyclic amines) is 1. The van der Waals surface area contributed by atoms with Gasteiger partial charge in [-0.15, -0.1) is 0 Å². The van der Waals surface area contributed by atoms with Gasteiger partial charge < -0.3 is 38.2 Å². The number of benzene rings is 4. The molecule has 4 aromatic carbocycles. The van der Waals surface area contributed by atoms with Crippen molar-refractivity contribution < 1.29 is 57.2 Å². The van der Waals surface area contributed by atoms with E-state index in [1.54, 1.807) is 79.7 Å². The van der Waals surface area contributed by atoms with Crippen LogP contribution < -0.4 is 18.9 Å². The van der Waals surface area contributed by atoms with E-state index in [0.29, 0.717) is 90.7 Å². The van der Waals surface area contributed by atoms with Crippen molar-refractivity contribution in [2.24, 2.45) is 0 Å². The molecule has 70 heavy (non-hydrogen) atoms. The van der Waals surface area contributed by atoms with E-state index >= 15 is 0 Å². The number of nitrogens with zero attached hydrogens (tertiary/aromatic N) is 4. The first-order valence-electron chi connectivity index (χ1n) is 23.3. The maximum Gasteiger partial charge on any atom is 0.410 e. The molecule has 370 valence electrons. The third kappa shape index (κ3) is 10.9. The zero-order chi connectivity index (χ0) is 50.7. The van der Waals surface area contributed by atoms with Gasteiger partial charge in [-0.25, -0.2) is 9.59 Å². The summed E-state index contributed by atoms with van der Waals surface area (Å²) in [6.45, 7) is 13.2. The first-order chi connectivity index (χ1) is 33.2. The molecule has 0 spiro atoms. The number of methoxy groups -OCH3 is 4. The summed E-state index contributed by atoms with van der Waals surface area (Å²) in [7, 11) is 6.19. The first-order valence-corrected chi connectivity index (χ1v) is 23.3. The molecule has 6 amide bonds. The molecule has 4 aromatic rings. The van der Waals surface area contributed by atoms with Gasteiger partial charge in [-0.05, 0) is 131 Å². The molecule has 0 saturated carbocycles. The average Bonchev–Trinajstić information content (AvgIpc) is 3.73. The predicted octanol–water partition coefficient (Wildman–Crippen LogP) is 9.14. The largest absolute Gasteiger partial charge is 0.493 e. The molecule has 4 aliphatic rings. The van der Waals surface area contributed by atoms with Crippen molar-refractivity contribution in [2.75, 3.05) is 54.6 Å². The fraction of sp³-hybridized carbons (Fsp3) is 0.407. The third-order valence-corrected chi connectivity index (χ3v) is 12.4. The maximum atomic E-state index is 13.4. The Morgan fingerprint density at radius 1 is 0.543 bits per heavy atom. The van der Waals surface area contributed by atoms with Crippen LogP contribution in [0.1, 0.15) is 130 Å². The molecular formula is C54H62N4O12. The van der Waals surface area contributed by atoms with E-state index in [2.05, 4.69) is 0 Å². The monoisotopic (exact) mass is 958 g/mol. The standard InChI is InChI=1S/C27H32N2O6.C27H30N2O6/c2*1-27(2,3)35-26(32)28-13-11-18(12-14-28)19-7-6-8-20-23(19)25(31)29(24(20)30)16-17-9-10-21(33-4)22(15-17)34-5/h6-10,15,18H,11-14,16H2,1-5H3;6-11,15H,12-14,16H2,1-5H3. The summed E-state index contributed by atoms with van der Waals surface area (Å²) < 4.78 is 32.2. The SMILES string of the molecule is COc1ccc(CN2C(=O)c3cccc(C4=CCN(C(=O)OC(C)(C)C)CC4)c3C2=O)cc1OC.COc1ccc(CN2C(=O)c3cccc(C4CCN(C(=O)OC(C)(C)C)CC4)c3C2=O)cc1OC. The van der Waals surface area contributed by atoms with Crippen LogP contribution in [0.5, 0.6) is 23.0 Å². The molecule has 0 aromatic heterocycles. The Balaban J connectivity index is 0.000000206. The van der Waals surface area contributed by atoms with Crippen molar-refractivity contribution >= 4 is 41.4 Å². The molecule has 0 radical (unpaired) electrons. The number of imide groups is 2. The Labute approximate surface area is 409 Å². The van der Waals surface area contributed by atoms with Crippen LogP contribution in [0.3, 0.4) is 0 Å². The summed E-state index contributed by atoms with van der Waals surface area (Å²) in [5.41, 5.74) is 4.68. The van der Waals surface area contributed by atoms with E-state index in [9.17, 15) is 28.8 Å². The zero-order valence-electron chi connectivity index (χ0n) is 41.6. The number of hydrogen-bond donors (Lipinski definition) is 0. The summed E-state index contributed by atoms with van der Waals surface area (Å²) in [4.78, 5) is 83.9. The molecule has 4 aliphatic heterocycles. The molecule has 8 rings (SSSR count). The molecule has 16 heteroatoms. The second-order valence-electron chi connectivity index (χ2n) is 19.4. The fourth-order valence-corrected chi connectivity index (χ4v) is 9.02. The number of hydrogen-bond acceptors (Lipinski definition) is 12. The van der Waals surface area contributed by atoms with E-state index in [-0.39, 0.29) is 54.8 Å². The number of amides is 6. The molecule has 0 unspecified atom stereocenters. The van der Waals surface area contributed by atoms with Crippen LogP contribution in [-0.4, -0.2) is 121 Å². The predicted molar refractivity (Wildman–Crippen MR) is 261 cm³/mol. The second-order valence-corrected chi connectivity index (χ2v) is 19.4. The number of carbonyl (C=O) groups excluding carboxylic acids is 6. The van der Waals surface area contributed by atoms with Gasteiger partial charge in [-0.3, -0.25) is 29.0 Å². The van der Waals surface area contributed by atoms with Crippen molar-refractivity contribution in [1.29, 1.82) is 0 Å². The normalized spacial score (nSPS) is 16.0. The van der Waals surface area contributed by atoms with Crippen molar-refractivity contribution in [3.8, 4) is 23.0 Å². The highest BCUT2D eigenvalue weighted by Gasteiger charge is 2.41. The molecule has 0 aliphatic carbocycles. The Morgan fingerprint density at radius 2 is 1.00 bits per heavy atom. The van der Waals surface area contributed by atoms with Gasteiger partial charge in [0.05, 0.1) is 63.8 Å². The van der Waals surface area contributed by atoms with E-state index in [4.69, 9.17) is 28.4 Å². The highest BCUT2D eigenvalue weighted by Crippen LogP contribution is 2.38. The first kappa shape index (κ1) is 50.5. The molecular weight excluding hydrogens is 897 g/mol. The van der Waals surface area contributed by atoms with Gasteiger partial charge >= 0.3 is 12.2 Å². The second kappa shape index (κ2) is 20.7. The quantitative estimate of drug-likeness (QED) is 0.138. The van der Waals surface area contributed by atoms with Crippen molar-refractivity contribution in [1.82, 2.24) is 19.6 Å². The van der Waals surface area contributed by atoms with Crippen molar-refractivity contribution in [2.45, 2.75) is 91.0 Å². The van der Waals surface area contributed by atoms with Gasteiger partial charge in [0.25, 0.3) is 23.6 Å². The lowest BCUT2D eigenvalue weighted by Crippen LogP contribution is -2.41. The number of rotatable bonds is 10. The van der Waals surface area contributed by atoms with Gasteiger partial charge in [0.2, 0.25) is 0 Å². The number of piperidine rings is 1. The Kier molecular flexibility index (Phi) is 14.9. The summed E-state index contributed by atoms with van der Waals surface area (Å²) in [5.74, 6) is 1.07. The molecule has 1 fully saturated rings. The van der Waals surface area contributed by atoms with Crippen molar-refractivity contribution in [3.05, 3.63) is 123 Å². The minimum atomic E-state index is -0.564. The molecule has 0 atom stereocenters. The van der Waals surface area contributed by atoms with E-state index in [1.807, 2.05) is 71.9 Å². The van der Waals surface area contributed by atoms with Crippen LogP contribution in [0.15, 0.2) is 78.9 Å². The van der Waals surface area contributed by atoms with Gasteiger partial charge in [-0.1, -0.05) is 42.5 Å². The zero-order valence-corrected chi connectivity index (χ0v) is 41.6. The van der Waals surface area contributed by atoms with Gasteiger partial charge in [0.15, 0.2) is 23.0 Å². The van der Waals surface area contributed by atoms with Gasteiger partial charge in [-0.2, -0.15) is 0 Å². The Hall–Kier alpha value is -7.36. The van der Waals surface area contributed by atoms with E-state index in [1.165, 1.54) is 16.9 Å². The topological polar surface area (TPSA) is 171 Å². The molecule has 1 saturated heterocycles. The molecule has 0 bridgehead atoms. The summed E-state index contributed by atoms with van der Waals surface area (Å²) >= 11 is 0. The van der Waals surface area contributed by atoms with Crippen LogP contribution >= 0.6 is 0 Å². The Bertz CT molecular complexity index is 2730. The van der Waals surface area contributed by atoms with Crippen molar-refractivity contribution in [3.63, 3.8) is 0 Å². The highest BCUT2D eigenvalue weighted by atomic mass is 16.6. The lowest BCUT2D eigenvalue weighted by Gasteiger charge is -2.34. The minimum absolute atomic E-state index is 0.0846. The van der Waals surface area contributed by atoms with Crippen LogP contribution in [0.4, 0.5) is 9.59 Å². The number of ether oxygens (including phenoxy) is 6. The summed E-state index contributed by atoms with van der Waals surface area (Å²) in [5, 5.41) is 0. The summed E-state index contributed by atoms with van der Waals surface area (Å²) in [6, 6.07) is 21.5. The fourth-order valence-electron chi connectivity index (χ4n) is 9.02. The average molecular weight is 959 g/mol. The number of fused-ring (bicyclic) bond motifs is 2. The summed E-state index contributed by atoms with van der Waals surface area (Å²) in [6.07, 6.45) is 3.21. The van der Waals surface area contributed by atoms with Crippen LogP contribution in [-0.2, 0) is 22.6 Å².